The first kappa shape index (κ1) is 19.8. The molecule has 0 aromatic rings. The van der Waals surface area contributed by atoms with Gasteiger partial charge in [0, 0.05) is 0 Å². The average molecular weight is 256 g/mol. The van der Waals surface area contributed by atoms with E-state index in [1.165, 1.54) is 44.9 Å². The second kappa shape index (κ2) is 13.0. The van der Waals surface area contributed by atoms with Gasteiger partial charge in [0.05, 0.1) is 0 Å². The fourth-order valence-electron chi connectivity index (χ4n) is 1.69. The number of hydrogen-bond acceptors (Lipinski definition) is 2. The van der Waals surface area contributed by atoms with E-state index in [0.29, 0.717) is 6.42 Å². The zero-order valence-corrected chi connectivity index (χ0v) is 12.1. The Hall–Kier alpha value is 0.507. The molecule has 0 saturated carbocycles. The van der Waals surface area contributed by atoms with Crippen LogP contribution in [0.2, 0.25) is 0 Å². The third kappa shape index (κ3) is 19.0. The number of hydrogen-bond donors (Lipinski definition) is 1. The van der Waals surface area contributed by atoms with E-state index in [9.17, 15) is 8.42 Å². The van der Waals surface area contributed by atoms with Crippen LogP contribution in [0.1, 0.15) is 71.1 Å². The van der Waals surface area contributed by atoms with Crippen LogP contribution in [0.25, 0.3) is 0 Å². The molecule has 0 unspecified atom stereocenters. The molecule has 0 amide bonds. The van der Waals surface area contributed by atoms with Crippen molar-refractivity contribution in [2.45, 2.75) is 71.1 Å². The van der Waals surface area contributed by atoms with Crippen molar-refractivity contribution in [2.24, 2.45) is 0 Å². The molecule has 0 aliphatic heterocycles. The van der Waals surface area contributed by atoms with Crippen molar-refractivity contribution in [2.75, 3.05) is 0 Å². The fourth-order valence-corrected chi connectivity index (χ4v) is 2.15. The van der Waals surface area contributed by atoms with E-state index in [4.69, 9.17) is 4.55 Å². The summed E-state index contributed by atoms with van der Waals surface area (Å²) in [5, 5.41) is 0. The Bertz CT molecular complexity index is 240. The summed E-state index contributed by atoms with van der Waals surface area (Å²) in [4.78, 5) is 0. The monoisotopic (exact) mass is 256 g/mol. The van der Waals surface area contributed by atoms with Gasteiger partial charge < -0.3 is 4.55 Å². The third-order valence-corrected chi connectivity index (χ3v) is 3.29. The number of unbranched alkanes of at least 4 members (excludes halogenated alkanes) is 9. The summed E-state index contributed by atoms with van der Waals surface area (Å²) in [7, 11) is -3.86. The summed E-state index contributed by atoms with van der Waals surface area (Å²) in [6, 6.07) is 0. The van der Waals surface area contributed by atoms with Crippen LogP contribution in [-0.4, -0.2) is 13.0 Å². The minimum absolute atomic E-state index is 0. The molecule has 1 N–H and O–H groups in total. The average Bonchev–Trinajstić information content (AvgIpc) is 2.19. The first-order chi connectivity index (χ1) is 7.56. The topological polar surface area (TPSA) is 54.4 Å². The van der Waals surface area contributed by atoms with Gasteiger partial charge in [-0.2, -0.15) is 12.2 Å². The predicted octanol–water partition coefficient (Wildman–Crippen LogP) is 0.961. The van der Waals surface area contributed by atoms with Crippen molar-refractivity contribution in [3.05, 3.63) is 5.75 Å². The maximum Gasteiger partial charge on any atom is 1.00 e. The smallest absolute Gasteiger partial charge is 0.309 e. The minimum atomic E-state index is -3.86. The molecule has 0 aromatic carbocycles. The van der Waals surface area contributed by atoms with Crippen LogP contribution >= 0.6 is 0 Å². The van der Waals surface area contributed by atoms with Gasteiger partial charge in [-0.3, -0.25) is 0 Å². The van der Waals surface area contributed by atoms with Crippen molar-refractivity contribution < 1.29 is 31.8 Å². The van der Waals surface area contributed by atoms with E-state index in [-0.39, 0.29) is 18.9 Å². The molecule has 17 heavy (non-hydrogen) atoms. The largest absolute Gasteiger partial charge is 1.00 e. The maximum atomic E-state index is 10.4. The molecular weight excluding hydrogens is 231 g/mol. The van der Waals surface area contributed by atoms with Crippen LogP contribution in [-0.2, 0) is 10.1 Å². The standard InChI is InChI=1S/C12H25O3S.Li/c1-2-3-4-5-6-7-8-9-10-11-12-16(13,14)15;/h12H,2-11H2,1H3,(H,13,14,15);/q-1;+1. The Morgan fingerprint density at radius 1 is 0.882 bits per heavy atom. The Kier molecular flexibility index (Phi) is 15.1. The zero-order chi connectivity index (χ0) is 12.3. The SMILES string of the molecule is CCCCCCCCCCC[CH-]S(=O)(=O)O.[Li+]. The molecule has 0 spiro atoms. The third-order valence-electron chi connectivity index (χ3n) is 2.64. The molecule has 0 atom stereocenters. The summed E-state index contributed by atoms with van der Waals surface area (Å²) >= 11 is 0. The maximum absolute atomic E-state index is 10.4. The first-order valence-electron chi connectivity index (χ1n) is 6.37. The van der Waals surface area contributed by atoms with E-state index in [1.807, 2.05) is 0 Å². The van der Waals surface area contributed by atoms with E-state index in [0.717, 1.165) is 18.6 Å². The van der Waals surface area contributed by atoms with Crippen molar-refractivity contribution in [1.29, 1.82) is 0 Å². The van der Waals surface area contributed by atoms with Crippen LogP contribution in [0.5, 0.6) is 0 Å². The molecule has 5 heteroatoms. The van der Waals surface area contributed by atoms with Crippen molar-refractivity contribution in [3.8, 4) is 0 Å². The molecule has 0 fully saturated rings. The minimum Gasteiger partial charge on any atom is -0.309 e. The van der Waals surface area contributed by atoms with Crippen LogP contribution in [0.3, 0.4) is 0 Å². The Morgan fingerprint density at radius 2 is 1.29 bits per heavy atom. The Labute approximate surface area is 119 Å². The van der Waals surface area contributed by atoms with Gasteiger partial charge in [0.1, 0.15) is 10.1 Å². The molecule has 98 valence electrons. The zero-order valence-electron chi connectivity index (χ0n) is 11.3. The van der Waals surface area contributed by atoms with Gasteiger partial charge in [0.15, 0.2) is 0 Å². The summed E-state index contributed by atoms with van der Waals surface area (Å²) in [5.74, 6) is 0.994. The van der Waals surface area contributed by atoms with Gasteiger partial charge in [-0.1, -0.05) is 64.7 Å². The van der Waals surface area contributed by atoms with Gasteiger partial charge >= 0.3 is 18.9 Å². The summed E-state index contributed by atoms with van der Waals surface area (Å²) in [6.07, 6.45) is 11.4. The molecule has 0 aromatic heterocycles. The molecule has 0 aliphatic rings. The molecule has 0 aliphatic carbocycles. The quantitative estimate of drug-likeness (QED) is 0.259. The molecule has 0 heterocycles. The van der Waals surface area contributed by atoms with Crippen molar-refractivity contribution in [3.63, 3.8) is 0 Å². The van der Waals surface area contributed by atoms with Gasteiger partial charge in [0.25, 0.3) is 0 Å². The molecule has 0 rings (SSSR count). The van der Waals surface area contributed by atoms with E-state index in [1.54, 1.807) is 0 Å². The summed E-state index contributed by atoms with van der Waals surface area (Å²) < 4.78 is 29.2. The van der Waals surface area contributed by atoms with Crippen LogP contribution < -0.4 is 18.9 Å². The molecular formula is C12H25LiO3S. The first-order valence-corrected chi connectivity index (χ1v) is 7.87. The Morgan fingerprint density at radius 3 is 1.71 bits per heavy atom. The molecule has 3 nitrogen and oxygen atoms in total. The van der Waals surface area contributed by atoms with Crippen molar-refractivity contribution in [1.82, 2.24) is 0 Å². The van der Waals surface area contributed by atoms with Crippen LogP contribution in [0.15, 0.2) is 0 Å². The van der Waals surface area contributed by atoms with Gasteiger partial charge in [-0.25, -0.2) is 8.42 Å². The van der Waals surface area contributed by atoms with Crippen molar-refractivity contribution >= 4 is 10.1 Å². The fraction of sp³-hybridized carbons (Fsp3) is 0.917. The van der Waals surface area contributed by atoms with E-state index >= 15 is 0 Å². The van der Waals surface area contributed by atoms with Gasteiger partial charge in [-0.15, -0.1) is 0 Å². The summed E-state index contributed by atoms with van der Waals surface area (Å²) in [5.41, 5.74) is 0. The second-order valence-corrected chi connectivity index (χ2v) is 5.66. The van der Waals surface area contributed by atoms with Gasteiger partial charge in [-0.05, 0) is 0 Å². The van der Waals surface area contributed by atoms with E-state index in [2.05, 4.69) is 6.92 Å². The van der Waals surface area contributed by atoms with Crippen LogP contribution in [0.4, 0.5) is 0 Å². The molecule has 0 saturated heterocycles. The van der Waals surface area contributed by atoms with E-state index < -0.39 is 10.1 Å². The van der Waals surface area contributed by atoms with Gasteiger partial charge in [0.2, 0.25) is 0 Å². The predicted molar refractivity (Wildman–Crippen MR) is 67.7 cm³/mol. The normalized spacial score (nSPS) is 11.2. The molecule has 0 bridgehead atoms. The number of rotatable bonds is 11. The Balaban J connectivity index is 0. The van der Waals surface area contributed by atoms with Crippen LogP contribution in [0, 0.1) is 5.75 Å². The molecule has 0 radical (unpaired) electrons. The summed E-state index contributed by atoms with van der Waals surface area (Å²) in [6.45, 7) is 2.21. The second-order valence-electron chi connectivity index (χ2n) is 4.30.